The molecular weight excluding hydrogens is 316 g/mol. The van der Waals surface area contributed by atoms with Gasteiger partial charge >= 0.3 is 6.03 Å². The molecule has 1 unspecified atom stereocenters. The van der Waals surface area contributed by atoms with Crippen LogP contribution in [0.5, 0.6) is 0 Å². The van der Waals surface area contributed by atoms with Crippen molar-refractivity contribution in [3.63, 3.8) is 0 Å². The number of nitrogens with one attached hydrogen (secondary N) is 2. The van der Waals surface area contributed by atoms with Crippen LogP contribution in [0.4, 0.5) is 10.5 Å². The number of rotatable bonds is 7. The SMILES string of the molecule is CN1CCN(C)C(CNC(=O)Nc2cccc(COCC3CC3)c2)C1. The summed E-state index contributed by atoms with van der Waals surface area (Å²) < 4.78 is 5.71. The fourth-order valence-electron chi connectivity index (χ4n) is 3.07. The molecule has 2 N–H and O–H groups in total. The van der Waals surface area contributed by atoms with Crippen molar-refractivity contribution in [1.29, 1.82) is 0 Å². The third-order valence-corrected chi connectivity index (χ3v) is 4.98. The van der Waals surface area contributed by atoms with Crippen molar-refractivity contribution in [1.82, 2.24) is 15.1 Å². The molecule has 1 aromatic carbocycles. The molecular formula is C19H30N4O2. The van der Waals surface area contributed by atoms with Crippen LogP contribution in [-0.2, 0) is 11.3 Å². The number of nitrogens with zero attached hydrogens (tertiary/aromatic N) is 2. The number of amides is 2. The molecule has 2 amide bonds. The van der Waals surface area contributed by atoms with Gasteiger partial charge in [0.05, 0.1) is 6.61 Å². The molecule has 2 aliphatic rings. The first-order valence-corrected chi connectivity index (χ1v) is 9.20. The van der Waals surface area contributed by atoms with Crippen LogP contribution in [0, 0.1) is 5.92 Å². The highest BCUT2D eigenvalue weighted by atomic mass is 16.5. The van der Waals surface area contributed by atoms with Crippen LogP contribution in [-0.4, -0.2) is 68.8 Å². The summed E-state index contributed by atoms with van der Waals surface area (Å²) in [6.45, 7) is 5.19. The topological polar surface area (TPSA) is 56.8 Å². The summed E-state index contributed by atoms with van der Waals surface area (Å²) in [6.07, 6.45) is 2.60. The molecule has 6 nitrogen and oxygen atoms in total. The van der Waals surface area contributed by atoms with Crippen LogP contribution in [0.25, 0.3) is 0 Å². The van der Waals surface area contributed by atoms with Gasteiger partial charge in [-0.2, -0.15) is 0 Å². The molecule has 0 bridgehead atoms. The molecule has 1 atom stereocenters. The van der Waals surface area contributed by atoms with Crippen LogP contribution < -0.4 is 10.6 Å². The van der Waals surface area contributed by atoms with Gasteiger partial charge in [0.15, 0.2) is 0 Å². The van der Waals surface area contributed by atoms with Gasteiger partial charge in [-0.3, -0.25) is 4.90 Å². The number of urea groups is 1. The maximum Gasteiger partial charge on any atom is 0.319 e. The predicted molar refractivity (Wildman–Crippen MR) is 99.8 cm³/mol. The van der Waals surface area contributed by atoms with E-state index in [-0.39, 0.29) is 6.03 Å². The second kappa shape index (κ2) is 8.65. The average molecular weight is 346 g/mol. The zero-order chi connectivity index (χ0) is 17.6. The Hall–Kier alpha value is -1.63. The van der Waals surface area contributed by atoms with Crippen molar-refractivity contribution < 1.29 is 9.53 Å². The molecule has 138 valence electrons. The molecule has 1 aliphatic heterocycles. The molecule has 0 spiro atoms. The van der Waals surface area contributed by atoms with Crippen molar-refractivity contribution in [2.75, 3.05) is 52.2 Å². The lowest BCUT2D eigenvalue weighted by Crippen LogP contribution is -2.54. The van der Waals surface area contributed by atoms with Gasteiger partial charge in [-0.25, -0.2) is 4.79 Å². The Morgan fingerprint density at radius 1 is 1.28 bits per heavy atom. The Kier molecular flexibility index (Phi) is 6.29. The molecule has 0 aromatic heterocycles. The first-order valence-electron chi connectivity index (χ1n) is 9.20. The van der Waals surface area contributed by atoms with Crippen LogP contribution in [0.3, 0.4) is 0 Å². The second-order valence-corrected chi connectivity index (χ2v) is 7.39. The summed E-state index contributed by atoms with van der Waals surface area (Å²) in [5, 5.41) is 5.91. The number of carbonyl (C=O) groups excluding carboxylic acids is 1. The normalized spacial score (nSPS) is 21.9. The van der Waals surface area contributed by atoms with Crippen molar-refractivity contribution in [2.24, 2.45) is 5.92 Å². The number of piperazine rings is 1. The summed E-state index contributed by atoms with van der Waals surface area (Å²) >= 11 is 0. The molecule has 1 saturated heterocycles. The monoisotopic (exact) mass is 346 g/mol. The molecule has 6 heteroatoms. The Labute approximate surface area is 150 Å². The van der Waals surface area contributed by atoms with E-state index in [1.165, 1.54) is 12.8 Å². The fourth-order valence-corrected chi connectivity index (χ4v) is 3.07. The highest BCUT2D eigenvalue weighted by molar-refractivity contribution is 5.89. The van der Waals surface area contributed by atoms with Gasteiger partial charge in [0.1, 0.15) is 0 Å². The van der Waals surface area contributed by atoms with E-state index in [1.54, 1.807) is 0 Å². The van der Waals surface area contributed by atoms with Gasteiger partial charge in [0.25, 0.3) is 0 Å². The van der Waals surface area contributed by atoms with Gasteiger partial charge < -0.3 is 20.3 Å². The minimum Gasteiger partial charge on any atom is -0.376 e. The van der Waals surface area contributed by atoms with Crippen molar-refractivity contribution >= 4 is 11.7 Å². The molecule has 2 fully saturated rings. The van der Waals surface area contributed by atoms with Crippen LogP contribution in [0.1, 0.15) is 18.4 Å². The van der Waals surface area contributed by atoms with Crippen molar-refractivity contribution in [3.05, 3.63) is 29.8 Å². The number of benzene rings is 1. The maximum atomic E-state index is 12.2. The largest absolute Gasteiger partial charge is 0.376 e. The highest BCUT2D eigenvalue weighted by Crippen LogP contribution is 2.29. The number of ether oxygens (including phenoxy) is 1. The minimum absolute atomic E-state index is 0.155. The van der Waals surface area contributed by atoms with E-state index in [2.05, 4.69) is 34.5 Å². The van der Waals surface area contributed by atoms with E-state index in [0.29, 0.717) is 19.2 Å². The van der Waals surface area contributed by atoms with Crippen LogP contribution in [0.2, 0.25) is 0 Å². The summed E-state index contributed by atoms with van der Waals surface area (Å²) in [6, 6.07) is 8.07. The maximum absolute atomic E-state index is 12.2. The van der Waals surface area contributed by atoms with Crippen LogP contribution in [0.15, 0.2) is 24.3 Å². The molecule has 1 aliphatic carbocycles. The van der Waals surface area contributed by atoms with E-state index in [4.69, 9.17) is 4.74 Å². The van der Waals surface area contributed by atoms with Gasteiger partial charge in [-0.1, -0.05) is 12.1 Å². The number of hydrogen-bond acceptors (Lipinski definition) is 4. The van der Waals surface area contributed by atoms with Gasteiger partial charge in [0.2, 0.25) is 0 Å². The number of likely N-dealkylation sites (N-methyl/N-ethyl adjacent to an activating group) is 2. The van der Waals surface area contributed by atoms with Gasteiger partial charge in [0, 0.05) is 44.5 Å². The molecule has 1 aromatic rings. The lowest BCUT2D eigenvalue weighted by Gasteiger charge is -2.37. The van der Waals surface area contributed by atoms with Crippen LogP contribution >= 0.6 is 0 Å². The third kappa shape index (κ3) is 5.99. The standard InChI is InChI=1S/C19H30N4O2/c1-22-8-9-23(2)18(12-22)11-20-19(24)21-17-5-3-4-16(10-17)14-25-13-15-6-7-15/h3-5,10,15,18H,6-9,11-14H2,1-2H3,(H2,20,21,24). The van der Waals surface area contributed by atoms with Gasteiger partial charge in [-0.05, 0) is 50.6 Å². The summed E-state index contributed by atoms with van der Waals surface area (Å²) in [5.41, 5.74) is 1.89. The first-order chi connectivity index (χ1) is 12.1. The average Bonchev–Trinajstić information content (AvgIpc) is 3.40. The Morgan fingerprint density at radius 2 is 2.12 bits per heavy atom. The molecule has 1 saturated carbocycles. The van der Waals surface area contributed by atoms with Crippen molar-refractivity contribution in [2.45, 2.75) is 25.5 Å². The zero-order valence-electron chi connectivity index (χ0n) is 15.3. The summed E-state index contributed by atoms with van der Waals surface area (Å²) in [7, 11) is 4.24. The molecule has 0 radical (unpaired) electrons. The lowest BCUT2D eigenvalue weighted by molar-refractivity contribution is 0.111. The third-order valence-electron chi connectivity index (χ3n) is 4.98. The summed E-state index contributed by atoms with van der Waals surface area (Å²) in [5.74, 6) is 0.768. The minimum atomic E-state index is -0.155. The van der Waals surface area contributed by atoms with Crippen molar-refractivity contribution in [3.8, 4) is 0 Å². The van der Waals surface area contributed by atoms with E-state index >= 15 is 0 Å². The molecule has 3 rings (SSSR count). The van der Waals surface area contributed by atoms with E-state index in [9.17, 15) is 4.79 Å². The Bertz CT molecular complexity index is 576. The predicted octanol–water partition coefficient (Wildman–Crippen LogP) is 1.98. The quantitative estimate of drug-likeness (QED) is 0.793. The van der Waals surface area contributed by atoms with E-state index in [1.807, 2.05) is 24.3 Å². The van der Waals surface area contributed by atoms with E-state index < -0.39 is 0 Å². The highest BCUT2D eigenvalue weighted by Gasteiger charge is 2.22. The van der Waals surface area contributed by atoms with E-state index in [0.717, 1.165) is 43.4 Å². The Balaban J connectivity index is 1.42. The Morgan fingerprint density at radius 3 is 2.92 bits per heavy atom. The number of hydrogen-bond donors (Lipinski definition) is 2. The number of anilines is 1. The smallest absolute Gasteiger partial charge is 0.319 e. The second-order valence-electron chi connectivity index (χ2n) is 7.39. The zero-order valence-corrected chi connectivity index (χ0v) is 15.3. The number of carbonyl (C=O) groups is 1. The summed E-state index contributed by atoms with van der Waals surface area (Å²) in [4.78, 5) is 16.8. The van der Waals surface area contributed by atoms with Gasteiger partial charge in [-0.15, -0.1) is 0 Å². The first kappa shape index (κ1) is 18.2. The lowest BCUT2D eigenvalue weighted by atomic mass is 10.2. The molecule has 25 heavy (non-hydrogen) atoms. The molecule has 1 heterocycles. The fraction of sp³-hybridized carbons (Fsp3) is 0.632.